The Labute approximate surface area is 145 Å². The standard InChI is InChI=1S/C18H23N3O2S/c1-9(2)7-12-14(18(12,5)6)15(22)20-21-8-19-16-13(17(21)23)10(3)11(4)24-16/h7-8,12,14H,1-6H3,(H,20,22). The first kappa shape index (κ1) is 16.9. The second-order valence-electron chi connectivity index (χ2n) is 7.43. The number of hydrogen-bond donors (Lipinski definition) is 1. The van der Waals surface area contributed by atoms with E-state index in [9.17, 15) is 9.59 Å². The fourth-order valence-electron chi connectivity index (χ4n) is 3.35. The van der Waals surface area contributed by atoms with Crippen LogP contribution in [-0.2, 0) is 4.79 Å². The van der Waals surface area contributed by atoms with E-state index >= 15 is 0 Å². The summed E-state index contributed by atoms with van der Waals surface area (Å²) in [5.74, 6) is -0.0457. The van der Waals surface area contributed by atoms with Crippen LogP contribution >= 0.6 is 11.3 Å². The molecule has 1 aliphatic rings. The van der Waals surface area contributed by atoms with Crippen LogP contribution in [0.15, 0.2) is 22.8 Å². The molecule has 1 aliphatic carbocycles. The fraction of sp³-hybridized carbons (Fsp3) is 0.500. The molecular formula is C18H23N3O2S. The van der Waals surface area contributed by atoms with Crippen LogP contribution in [-0.4, -0.2) is 15.6 Å². The number of rotatable bonds is 3. The van der Waals surface area contributed by atoms with Crippen molar-refractivity contribution in [3.05, 3.63) is 38.8 Å². The summed E-state index contributed by atoms with van der Waals surface area (Å²) < 4.78 is 1.22. The average Bonchev–Trinajstić information content (AvgIpc) is 2.86. The lowest BCUT2D eigenvalue weighted by molar-refractivity contribution is -0.119. The summed E-state index contributed by atoms with van der Waals surface area (Å²) in [4.78, 5) is 31.4. The highest BCUT2D eigenvalue weighted by Gasteiger charge is 2.60. The Bertz CT molecular complexity index is 916. The molecule has 2 unspecified atom stereocenters. The van der Waals surface area contributed by atoms with E-state index in [0.717, 1.165) is 15.3 Å². The quantitative estimate of drug-likeness (QED) is 0.867. The molecule has 5 nitrogen and oxygen atoms in total. The SMILES string of the molecule is CC(C)=CC1C(C(=O)Nn2cnc3sc(C)c(C)c3c2=O)C1(C)C. The molecule has 1 fully saturated rings. The van der Waals surface area contributed by atoms with E-state index in [1.54, 1.807) is 0 Å². The molecule has 128 valence electrons. The van der Waals surface area contributed by atoms with E-state index in [1.165, 1.54) is 27.9 Å². The molecular weight excluding hydrogens is 322 g/mol. The molecule has 24 heavy (non-hydrogen) atoms. The minimum Gasteiger partial charge on any atom is -0.273 e. The van der Waals surface area contributed by atoms with Gasteiger partial charge in [0, 0.05) is 4.88 Å². The van der Waals surface area contributed by atoms with Gasteiger partial charge < -0.3 is 0 Å². The van der Waals surface area contributed by atoms with Gasteiger partial charge in [0.2, 0.25) is 5.91 Å². The van der Waals surface area contributed by atoms with Crippen LogP contribution in [0, 0.1) is 31.1 Å². The molecule has 0 aliphatic heterocycles. The van der Waals surface area contributed by atoms with Crippen LogP contribution in [0.3, 0.4) is 0 Å². The van der Waals surface area contributed by atoms with Crippen LogP contribution in [0.4, 0.5) is 0 Å². The molecule has 0 saturated heterocycles. The fourth-order valence-corrected chi connectivity index (χ4v) is 4.34. The van der Waals surface area contributed by atoms with Crippen LogP contribution in [0.2, 0.25) is 0 Å². The maximum atomic E-state index is 12.7. The predicted octanol–water partition coefficient (Wildman–Crippen LogP) is 3.38. The van der Waals surface area contributed by atoms with Crippen molar-refractivity contribution in [1.82, 2.24) is 9.66 Å². The number of carbonyl (C=O) groups is 1. The molecule has 0 radical (unpaired) electrons. The lowest BCUT2D eigenvalue weighted by Crippen LogP contribution is -2.34. The van der Waals surface area contributed by atoms with Crippen LogP contribution in [0.1, 0.15) is 38.1 Å². The van der Waals surface area contributed by atoms with Crippen molar-refractivity contribution in [3.8, 4) is 0 Å². The Morgan fingerprint density at radius 3 is 2.67 bits per heavy atom. The first-order valence-corrected chi connectivity index (χ1v) is 8.89. The van der Waals surface area contributed by atoms with Gasteiger partial charge in [-0.2, -0.15) is 0 Å². The van der Waals surface area contributed by atoms with Crippen molar-refractivity contribution < 1.29 is 4.79 Å². The van der Waals surface area contributed by atoms with Gasteiger partial charge in [0.15, 0.2) is 0 Å². The summed E-state index contributed by atoms with van der Waals surface area (Å²) >= 11 is 1.50. The summed E-state index contributed by atoms with van der Waals surface area (Å²) in [7, 11) is 0. The number of nitrogens with one attached hydrogen (secondary N) is 1. The second-order valence-corrected chi connectivity index (χ2v) is 8.63. The van der Waals surface area contributed by atoms with Crippen molar-refractivity contribution in [1.29, 1.82) is 0 Å². The zero-order valence-electron chi connectivity index (χ0n) is 14.9. The van der Waals surface area contributed by atoms with Gasteiger partial charge in [-0.15, -0.1) is 11.3 Å². The molecule has 0 bridgehead atoms. The van der Waals surface area contributed by atoms with Crippen LogP contribution < -0.4 is 11.0 Å². The molecule has 1 N–H and O–H groups in total. The molecule has 2 aromatic heterocycles. The number of amides is 1. The molecule has 2 heterocycles. The monoisotopic (exact) mass is 345 g/mol. The summed E-state index contributed by atoms with van der Waals surface area (Å²) in [5.41, 5.74) is 4.57. The summed E-state index contributed by atoms with van der Waals surface area (Å²) in [6, 6.07) is 0. The molecule has 0 spiro atoms. The van der Waals surface area contributed by atoms with Crippen molar-refractivity contribution >= 4 is 27.5 Å². The number of aryl methyl sites for hydroxylation is 2. The smallest absolute Gasteiger partial charge is 0.273 e. The van der Waals surface area contributed by atoms with Crippen molar-refractivity contribution in [3.63, 3.8) is 0 Å². The van der Waals surface area contributed by atoms with Gasteiger partial charge in [0.25, 0.3) is 5.56 Å². The molecule has 2 aromatic rings. The Balaban J connectivity index is 1.90. The maximum absolute atomic E-state index is 12.7. The number of aromatic nitrogens is 2. The third-order valence-corrected chi connectivity index (χ3v) is 6.14. The topological polar surface area (TPSA) is 64.0 Å². The number of thiophene rings is 1. The normalized spacial score (nSPS) is 21.6. The molecule has 3 rings (SSSR count). The number of hydrogen-bond acceptors (Lipinski definition) is 4. The highest BCUT2D eigenvalue weighted by molar-refractivity contribution is 7.18. The maximum Gasteiger partial charge on any atom is 0.281 e. The zero-order chi connectivity index (χ0) is 17.8. The van der Waals surface area contributed by atoms with Gasteiger partial charge in [-0.25, -0.2) is 9.66 Å². The number of nitrogens with zero attached hydrogens (tertiary/aromatic N) is 2. The van der Waals surface area contributed by atoms with E-state index in [1.807, 2.05) is 27.7 Å². The first-order chi connectivity index (χ1) is 11.1. The molecule has 6 heteroatoms. The largest absolute Gasteiger partial charge is 0.281 e. The van der Waals surface area contributed by atoms with E-state index in [4.69, 9.17) is 0 Å². The van der Waals surface area contributed by atoms with Gasteiger partial charge in [-0.05, 0) is 44.6 Å². The molecule has 1 amide bonds. The Morgan fingerprint density at radius 2 is 2.04 bits per heavy atom. The first-order valence-electron chi connectivity index (χ1n) is 8.08. The third kappa shape index (κ3) is 2.59. The summed E-state index contributed by atoms with van der Waals surface area (Å²) in [6.45, 7) is 12.1. The minimum atomic E-state index is -0.215. The minimum absolute atomic E-state index is 0.0859. The molecule has 2 atom stereocenters. The highest BCUT2D eigenvalue weighted by Crippen LogP contribution is 2.59. The Kier molecular flexibility index (Phi) is 3.91. The van der Waals surface area contributed by atoms with Crippen LogP contribution in [0.5, 0.6) is 0 Å². The Hall–Kier alpha value is -1.95. The molecule has 0 aromatic carbocycles. The summed E-state index contributed by atoms with van der Waals surface area (Å²) in [5, 5.41) is 0.594. The zero-order valence-corrected chi connectivity index (χ0v) is 15.7. The lowest BCUT2D eigenvalue weighted by Gasteiger charge is -2.08. The van der Waals surface area contributed by atoms with Crippen LogP contribution in [0.25, 0.3) is 10.2 Å². The van der Waals surface area contributed by atoms with E-state index in [0.29, 0.717) is 5.39 Å². The summed E-state index contributed by atoms with van der Waals surface area (Å²) in [6.07, 6.45) is 3.55. The molecule has 1 saturated carbocycles. The van der Waals surface area contributed by atoms with Gasteiger partial charge >= 0.3 is 0 Å². The van der Waals surface area contributed by atoms with E-state index in [2.05, 4.69) is 30.3 Å². The van der Waals surface area contributed by atoms with Gasteiger partial charge in [0.05, 0.1) is 11.3 Å². The predicted molar refractivity (Wildman–Crippen MR) is 97.9 cm³/mol. The van der Waals surface area contributed by atoms with Crippen molar-refractivity contribution in [2.45, 2.75) is 41.5 Å². The van der Waals surface area contributed by atoms with Crippen molar-refractivity contribution in [2.75, 3.05) is 5.43 Å². The Morgan fingerprint density at radius 1 is 1.38 bits per heavy atom. The lowest BCUT2D eigenvalue weighted by atomic mass is 10.1. The second kappa shape index (κ2) is 5.55. The van der Waals surface area contributed by atoms with E-state index in [-0.39, 0.29) is 28.7 Å². The van der Waals surface area contributed by atoms with Gasteiger partial charge in [-0.3, -0.25) is 15.0 Å². The van der Waals surface area contributed by atoms with Gasteiger partial charge in [-0.1, -0.05) is 25.5 Å². The number of allylic oxidation sites excluding steroid dienone is 2. The highest BCUT2D eigenvalue weighted by atomic mass is 32.1. The van der Waals surface area contributed by atoms with Gasteiger partial charge in [0.1, 0.15) is 11.2 Å². The number of carbonyl (C=O) groups excluding carboxylic acids is 1. The third-order valence-electron chi connectivity index (χ3n) is 5.03. The van der Waals surface area contributed by atoms with Crippen molar-refractivity contribution in [2.24, 2.45) is 17.3 Å². The average molecular weight is 345 g/mol. The van der Waals surface area contributed by atoms with E-state index < -0.39 is 0 Å². The number of fused-ring (bicyclic) bond motifs is 1.